The lowest BCUT2D eigenvalue weighted by molar-refractivity contribution is 0.0617. The molecule has 0 saturated carbocycles. The highest BCUT2D eigenvalue weighted by molar-refractivity contribution is 5.99. The van der Waals surface area contributed by atoms with Gasteiger partial charge in [0, 0.05) is 18.2 Å². The summed E-state index contributed by atoms with van der Waals surface area (Å²) in [4.78, 5) is 17.0. The van der Waals surface area contributed by atoms with Gasteiger partial charge < -0.3 is 20.3 Å². The van der Waals surface area contributed by atoms with Crippen LogP contribution in [0.15, 0.2) is 12.1 Å². The van der Waals surface area contributed by atoms with E-state index in [4.69, 9.17) is 10.5 Å². The number of nitrogen functional groups attached to an aromatic ring is 1. The molecule has 0 radical (unpaired) electrons. The van der Waals surface area contributed by atoms with Gasteiger partial charge in [-0.05, 0) is 64.5 Å². The molecular weight excluding hydrogens is 278 g/mol. The van der Waals surface area contributed by atoms with Crippen LogP contribution < -0.4 is 10.5 Å². The van der Waals surface area contributed by atoms with Gasteiger partial charge in [0.2, 0.25) is 0 Å². The van der Waals surface area contributed by atoms with Crippen molar-refractivity contribution in [3.05, 3.63) is 23.3 Å². The van der Waals surface area contributed by atoms with E-state index in [-0.39, 0.29) is 12.0 Å². The van der Waals surface area contributed by atoms with Crippen LogP contribution >= 0.6 is 0 Å². The molecule has 0 aliphatic carbocycles. The van der Waals surface area contributed by atoms with E-state index in [0.29, 0.717) is 24.0 Å². The second kappa shape index (κ2) is 5.80. The average molecular weight is 303 g/mol. The topological polar surface area (TPSA) is 58.8 Å². The van der Waals surface area contributed by atoms with Crippen molar-refractivity contribution in [1.29, 1.82) is 0 Å². The molecule has 2 N–H and O–H groups in total. The van der Waals surface area contributed by atoms with Crippen molar-refractivity contribution in [3.63, 3.8) is 0 Å². The zero-order valence-corrected chi connectivity index (χ0v) is 13.6. The number of carbonyl (C=O) groups is 1. The van der Waals surface area contributed by atoms with Gasteiger partial charge in [0.05, 0.1) is 11.8 Å². The van der Waals surface area contributed by atoms with Crippen molar-refractivity contribution in [1.82, 2.24) is 9.80 Å². The fourth-order valence-electron chi connectivity index (χ4n) is 3.34. The number of fused-ring (bicyclic) bond motifs is 1. The van der Waals surface area contributed by atoms with Crippen LogP contribution in [0.4, 0.5) is 5.69 Å². The second-order valence-corrected chi connectivity index (χ2v) is 6.68. The molecule has 3 rings (SSSR count). The van der Waals surface area contributed by atoms with E-state index in [9.17, 15) is 4.79 Å². The Morgan fingerprint density at radius 1 is 1.27 bits per heavy atom. The first-order valence-electron chi connectivity index (χ1n) is 8.04. The van der Waals surface area contributed by atoms with E-state index in [2.05, 4.69) is 11.9 Å². The van der Waals surface area contributed by atoms with Gasteiger partial charge in [-0.2, -0.15) is 0 Å². The quantitative estimate of drug-likeness (QED) is 0.869. The van der Waals surface area contributed by atoms with Crippen molar-refractivity contribution in [2.45, 2.75) is 45.4 Å². The summed E-state index contributed by atoms with van der Waals surface area (Å²) >= 11 is 0. The Balaban J connectivity index is 1.81. The lowest BCUT2D eigenvalue weighted by atomic mass is 10.0. The standard InChI is InChI=1S/C17H25N3O2/c1-11(2)22-16-8-12-10-20(13-4-6-19(3)7-5-13)17(21)14(12)9-15(16)18/h8-9,11,13H,4-7,10,18H2,1-3H3. The lowest BCUT2D eigenvalue weighted by Crippen LogP contribution is -2.43. The number of rotatable bonds is 3. The van der Waals surface area contributed by atoms with E-state index >= 15 is 0 Å². The number of carbonyl (C=O) groups excluding carboxylic acids is 1. The number of ether oxygens (including phenoxy) is 1. The van der Waals surface area contributed by atoms with Gasteiger partial charge >= 0.3 is 0 Å². The summed E-state index contributed by atoms with van der Waals surface area (Å²) in [6, 6.07) is 4.06. The fourth-order valence-corrected chi connectivity index (χ4v) is 3.34. The Morgan fingerprint density at radius 2 is 1.95 bits per heavy atom. The van der Waals surface area contributed by atoms with Crippen LogP contribution in [0, 0.1) is 0 Å². The summed E-state index contributed by atoms with van der Waals surface area (Å²) in [5.41, 5.74) is 8.37. The molecule has 5 heteroatoms. The molecule has 120 valence electrons. The largest absolute Gasteiger partial charge is 0.489 e. The SMILES string of the molecule is CC(C)Oc1cc2c(cc1N)C(=O)N(C1CCN(C)CC1)C2. The van der Waals surface area contributed by atoms with Crippen LogP contribution in [0.3, 0.4) is 0 Å². The van der Waals surface area contributed by atoms with Crippen molar-refractivity contribution >= 4 is 11.6 Å². The molecule has 0 unspecified atom stereocenters. The number of piperidine rings is 1. The maximum Gasteiger partial charge on any atom is 0.254 e. The summed E-state index contributed by atoms with van der Waals surface area (Å²) in [5, 5.41) is 0. The monoisotopic (exact) mass is 303 g/mol. The van der Waals surface area contributed by atoms with Crippen LogP contribution in [0.2, 0.25) is 0 Å². The van der Waals surface area contributed by atoms with Gasteiger partial charge in [0.15, 0.2) is 0 Å². The number of likely N-dealkylation sites (tertiary alicyclic amines) is 1. The number of nitrogens with two attached hydrogens (primary N) is 1. The second-order valence-electron chi connectivity index (χ2n) is 6.68. The minimum atomic E-state index is 0.0717. The molecule has 1 saturated heterocycles. The maximum absolute atomic E-state index is 12.7. The molecule has 2 aliphatic rings. The van der Waals surface area contributed by atoms with E-state index < -0.39 is 0 Å². The number of anilines is 1. The molecule has 0 bridgehead atoms. The van der Waals surface area contributed by atoms with Crippen molar-refractivity contribution in [2.75, 3.05) is 25.9 Å². The van der Waals surface area contributed by atoms with Crippen LogP contribution in [0.1, 0.15) is 42.6 Å². The Bertz CT molecular complexity index is 578. The fraction of sp³-hybridized carbons (Fsp3) is 0.588. The normalized spacial score (nSPS) is 19.8. The zero-order valence-electron chi connectivity index (χ0n) is 13.6. The van der Waals surface area contributed by atoms with Gasteiger partial charge in [-0.3, -0.25) is 4.79 Å². The van der Waals surface area contributed by atoms with E-state index in [1.54, 1.807) is 6.07 Å². The van der Waals surface area contributed by atoms with Gasteiger partial charge in [-0.25, -0.2) is 0 Å². The van der Waals surface area contributed by atoms with E-state index in [1.165, 1.54) is 0 Å². The molecule has 0 aromatic heterocycles. The Morgan fingerprint density at radius 3 is 2.59 bits per heavy atom. The van der Waals surface area contributed by atoms with Gasteiger partial charge in [-0.1, -0.05) is 0 Å². The highest BCUT2D eigenvalue weighted by atomic mass is 16.5. The molecule has 1 aromatic carbocycles. The Hall–Kier alpha value is -1.75. The first-order valence-corrected chi connectivity index (χ1v) is 8.04. The van der Waals surface area contributed by atoms with Crippen molar-refractivity contribution in [2.24, 2.45) is 0 Å². The predicted octanol–water partition coefficient (Wildman–Crippen LogP) is 2.11. The van der Waals surface area contributed by atoms with Gasteiger partial charge in [0.1, 0.15) is 5.75 Å². The smallest absolute Gasteiger partial charge is 0.254 e. The summed E-state index contributed by atoms with van der Waals surface area (Å²) in [7, 11) is 2.13. The van der Waals surface area contributed by atoms with Crippen LogP contribution in [0.5, 0.6) is 5.75 Å². The van der Waals surface area contributed by atoms with E-state index in [1.807, 2.05) is 24.8 Å². The average Bonchev–Trinajstić information content (AvgIpc) is 2.77. The summed E-state index contributed by atoms with van der Waals surface area (Å²) in [5.74, 6) is 0.805. The molecule has 1 aromatic rings. The van der Waals surface area contributed by atoms with E-state index in [0.717, 1.165) is 37.1 Å². The zero-order chi connectivity index (χ0) is 15.9. The molecule has 5 nitrogen and oxygen atoms in total. The van der Waals surface area contributed by atoms with Crippen LogP contribution in [-0.2, 0) is 6.54 Å². The van der Waals surface area contributed by atoms with Gasteiger partial charge in [-0.15, -0.1) is 0 Å². The lowest BCUT2D eigenvalue weighted by Gasteiger charge is -2.34. The third kappa shape index (κ3) is 2.77. The summed E-state index contributed by atoms with van der Waals surface area (Å²) in [6.07, 6.45) is 2.16. The Kier molecular flexibility index (Phi) is 4.00. The van der Waals surface area contributed by atoms with Crippen LogP contribution in [0.25, 0.3) is 0 Å². The predicted molar refractivity (Wildman–Crippen MR) is 87.0 cm³/mol. The molecule has 2 aliphatic heterocycles. The Labute approximate surface area is 132 Å². The number of hydrogen-bond donors (Lipinski definition) is 1. The molecule has 0 atom stereocenters. The number of hydrogen-bond acceptors (Lipinski definition) is 4. The number of benzene rings is 1. The minimum absolute atomic E-state index is 0.0717. The summed E-state index contributed by atoms with van der Waals surface area (Å²) < 4.78 is 5.74. The molecule has 2 heterocycles. The van der Waals surface area contributed by atoms with Gasteiger partial charge in [0.25, 0.3) is 5.91 Å². The molecule has 0 spiro atoms. The molecule has 22 heavy (non-hydrogen) atoms. The van der Waals surface area contributed by atoms with Crippen molar-refractivity contribution < 1.29 is 9.53 Å². The third-order valence-corrected chi connectivity index (χ3v) is 4.56. The van der Waals surface area contributed by atoms with Crippen molar-refractivity contribution in [3.8, 4) is 5.75 Å². The highest BCUT2D eigenvalue weighted by Crippen LogP contribution is 2.34. The molecule has 1 amide bonds. The molecular formula is C17H25N3O2. The number of nitrogens with zero attached hydrogens (tertiary/aromatic N) is 2. The number of amides is 1. The first-order chi connectivity index (χ1) is 10.5. The summed E-state index contributed by atoms with van der Waals surface area (Å²) in [6.45, 7) is 6.73. The minimum Gasteiger partial charge on any atom is -0.489 e. The first kappa shape index (κ1) is 15.2. The maximum atomic E-state index is 12.7. The third-order valence-electron chi connectivity index (χ3n) is 4.56. The molecule has 1 fully saturated rings. The van der Waals surface area contributed by atoms with Crippen LogP contribution in [-0.4, -0.2) is 48.0 Å². The highest BCUT2D eigenvalue weighted by Gasteiger charge is 2.34.